The Morgan fingerprint density at radius 2 is 0.783 bits per heavy atom. The number of aryl methyl sites for hydroxylation is 2. The molecule has 0 amide bonds. The van der Waals surface area contributed by atoms with E-state index in [1.807, 2.05) is 128 Å². The van der Waals surface area contributed by atoms with E-state index in [1.54, 1.807) is 35.4 Å². The van der Waals surface area contributed by atoms with Crippen molar-refractivity contribution in [1.82, 2.24) is 0 Å². The molecule has 19 nitrogen and oxygen atoms in total. The van der Waals surface area contributed by atoms with Crippen LogP contribution in [0.3, 0.4) is 0 Å². The van der Waals surface area contributed by atoms with E-state index in [0.29, 0.717) is 49.1 Å². The minimum absolute atomic E-state index is 0.0191. The second kappa shape index (κ2) is 45.5. The summed E-state index contributed by atoms with van der Waals surface area (Å²) in [6.07, 6.45) is -3.88. The highest BCUT2D eigenvalue weighted by atomic mass is 19.4. The van der Waals surface area contributed by atoms with Gasteiger partial charge in [-0.15, -0.1) is 0 Å². The molecular weight excluding hydrogens is 1380 g/mol. The summed E-state index contributed by atoms with van der Waals surface area (Å²) in [5.41, 5.74) is 3.94. The van der Waals surface area contributed by atoms with Crippen molar-refractivity contribution in [2.45, 2.75) is 258 Å². The molecule has 4 rings (SSSR count). The van der Waals surface area contributed by atoms with Crippen molar-refractivity contribution in [3.8, 4) is 23.0 Å². The number of rotatable bonds is 37. The van der Waals surface area contributed by atoms with Gasteiger partial charge in [0.1, 0.15) is 68.5 Å². The molecule has 0 aromatic heterocycles. The molecule has 0 aliphatic rings. The molecule has 106 heavy (non-hydrogen) atoms. The Labute approximate surface area is 629 Å². The fourth-order valence-corrected chi connectivity index (χ4v) is 9.50. The number of halogens is 5. The lowest BCUT2D eigenvalue weighted by Gasteiger charge is -2.28. The van der Waals surface area contributed by atoms with Gasteiger partial charge in [0.05, 0.1) is 74.4 Å². The zero-order valence-corrected chi connectivity index (χ0v) is 68.8. The van der Waals surface area contributed by atoms with Gasteiger partial charge in [0, 0.05) is 87.2 Å². The lowest BCUT2D eigenvalue weighted by molar-refractivity contribution is -0.231. The minimum Gasteiger partial charge on any atom is -0.489 e. The van der Waals surface area contributed by atoms with Crippen molar-refractivity contribution in [2.75, 3.05) is 82.3 Å². The van der Waals surface area contributed by atoms with Crippen molar-refractivity contribution >= 4 is 23.9 Å². The molecule has 0 heterocycles. The van der Waals surface area contributed by atoms with Crippen molar-refractivity contribution in [2.24, 2.45) is 16.7 Å². The van der Waals surface area contributed by atoms with E-state index >= 15 is 0 Å². The van der Waals surface area contributed by atoms with Gasteiger partial charge in [-0.05, 0) is 158 Å². The van der Waals surface area contributed by atoms with Gasteiger partial charge in [0.15, 0.2) is 5.41 Å². The summed E-state index contributed by atoms with van der Waals surface area (Å²) in [5, 5.41) is 0. The Balaban J connectivity index is 0.000000712. The first-order valence-electron chi connectivity index (χ1n) is 36.1. The highest BCUT2D eigenvalue weighted by Gasteiger charge is 2.56. The largest absolute Gasteiger partial charge is 0.489 e. The number of methoxy groups -OCH3 is 6. The molecule has 5 atom stereocenters. The normalized spacial score (nSPS) is 13.9. The predicted octanol–water partition coefficient (Wildman–Crippen LogP) is 18.7. The zero-order chi connectivity index (χ0) is 81.4. The van der Waals surface area contributed by atoms with Gasteiger partial charge in [0.25, 0.3) is 0 Å². The molecule has 0 aliphatic heterocycles. The maximum absolute atomic E-state index is 14.0. The van der Waals surface area contributed by atoms with Gasteiger partial charge < -0.3 is 71.1 Å². The maximum Gasteiger partial charge on any atom is 0.404 e. The van der Waals surface area contributed by atoms with Crippen LogP contribution >= 0.6 is 0 Å². The van der Waals surface area contributed by atoms with Gasteiger partial charge in [-0.1, -0.05) is 90.8 Å². The Morgan fingerprint density at radius 1 is 0.425 bits per heavy atom. The van der Waals surface area contributed by atoms with Gasteiger partial charge in [-0.3, -0.25) is 14.4 Å². The van der Waals surface area contributed by atoms with E-state index in [4.69, 9.17) is 71.1 Å². The average molecular weight is 1510 g/mol. The Kier molecular flexibility index (Phi) is 41.8. The van der Waals surface area contributed by atoms with Crippen LogP contribution in [-0.4, -0.2) is 129 Å². The molecule has 4 aromatic carbocycles. The van der Waals surface area contributed by atoms with Crippen LogP contribution < -0.4 is 18.9 Å². The van der Waals surface area contributed by atoms with E-state index < -0.39 is 46.9 Å². The Hall–Kier alpha value is -6.51. The van der Waals surface area contributed by atoms with E-state index in [1.165, 1.54) is 45.8 Å². The smallest absolute Gasteiger partial charge is 0.404 e. The van der Waals surface area contributed by atoms with Crippen molar-refractivity contribution in [1.29, 1.82) is 0 Å². The van der Waals surface area contributed by atoms with E-state index in [0.717, 1.165) is 70.0 Å². The SMILES string of the molecule is CCC(C)(C(=O)OCCOc1c(COC)cc(F)cc1COC)C(F)(F)F.CCC(C)(C)C(=O)Oc1c(COC)cc(C)cc1COC.CCC(C)(F)C(=O)OCCOc1c(COC(C)(C)C)cc(C)cc1COC(C)(C)C.CCC(C)C(=O)OCCOc1c(C(C)OC)cc(C(C)(C)C)cc1C(C)OC. The number of hydrogen-bond donors (Lipinski definition) is 0. The van der Waals surface area contributed by atoms with Gasteiger partial charge in [-0.25, -0.2) is 13.6 Å². The molecule has 0 spiro atoms. The van der Waals surface area contributed by atoms with Crippen LogP contribution in [0.5, 0.6) is 23.0 Å². The van der Waals surface area contributed by atoms with E-state index in [2.05, 4.69) is 32.9 Å². The Morgan fingerprint density at radius 3 is 1.10 bits per heavy atom. The van der Waals surface area contributed by atoms with E-state index in [-0.39, 0.29) is 112 Å². The van der Waals surface area contributed by atoms with Crippen LogP contribution in [0.25, 0.3) is 0 Å². The van der Waals surface area contributed by atoms with Crippen LogP contribution in [-0.2, 0) is 116 Å². The molecule has 0 bridgehead atoms. The van der Waals surface area contributed by atoms with Crippen LogP contribution in [0.4, 0.5) is 22.0 Å². The minimum atomic E-state index is -4.71. The summed E-state index contributed by atoms with van der Waals surface area (Å²) in [6, 6.07) is 14.7. The van der Waals surface area contributed by atoms with Gasteiger partial charge >= 0.3 is 30.1 Å². The summed E-state index contributed by atoms with van der Waals surface area (Å²) in [6.45, 7) is 42.6. The first-order valence-corrected chi connectivity index (χ1v) is 36.1. The van der Waals surface area contributed by atoms with Crippen molar-refractivity contribution in [3.05, 3.63) is 116 Å². The summed E-state index contributed by atoms with van der Waals surface area (Å²) in [5.74, 6) is -1.01. The molecule has 4 aromatic rings. The molecule has 0 saturated carbocycles. The van der Waals surface area contributed by atoms with Crippen molar-refractivity contribution < 1.29 is 112 Å². The first-order chi connectivity index (χ1) is 49.2. The predicted molar refractivity (Wildman–Crippen MR) is 399 cm³/mol. The van der Waals surface area contributed by atoms with Crippen molar-refractivity contribution in [3.63, 3.8) is 0 Å². The number of benzene rings is 4. The molecule has 0 aliphatic carbocycles. The highest BCUT2D eigenvalue weighted by molar-refractivity contribution is 5.79. The van der Waals surface area contributed by atoms with Crippen LogP contribution in [0.15, 0.2) is 48.5 Å². The molecule has 604 valence electrons. The second-order valence-corrected chi connectivity index (χ2v) is 30.1. The maximum atomic E-state index is 14.0. The molecule has 0 radical (unpaired) electrons. The number of carbonyl (C=O) groups is 4. The van der Waals surface area contributed by atoms with Crippen LogP contribution in [0.1, 0.15) is 238 Å². The summed E-state index contributed by atoms with van der Waals surface area (Å²) in [4.78, 5) is 47.9. The lowest BCUT2D eigenvalue weighted by atomic mass is 9.83. The van der Waals surface area contributed by atoms with Gasteiger partial charge in [0.2, 0.25) is 5.67 Å². The summed E-state index contributed by atoms with van der Waals surface area (Å²) in [7, 11) is 9.47. The van der Waals surface area contributed by atoms with Gasteiger partial charge in [-0.2, -0.15) is 13.2 Å². The fraction of sp³-hybridized carbons (Fsp3) is 0.659. The van der Waals surface area contributed by atoms with Crippen LogP contribution in [0.2, 0.25) is 0 Å². The fourth-order valence-electron chi connectivity index (χ4n) is 9.50. The molecule has 0 N–H and O–H groups in total. The zero-order valence-electron chi connectivity index (χ0n) is 68.8. The monoisotopic (exact) mass is 1510 g/mol. The number of hydrogen-bond acceptors (Lipinski definition) is 19. The first kappa shape index (κ1) is 97.5. The quantitative estimate of drug-likeness (QED) is 0.0135. The number of alkyl halides is 4. The third kappa shape index (κ3) is 32.7. The number of esters is 4. The average Bonchev–Trinajstić information content (AvgIpc) is 0.828. The molecular formula is C82H127F5O19. The third-order valence-corrected chi connectivity index (χ3v) is 17.3. The molecule has 24 heteroatoms. The number of carbonyl (C=O) groups excluding carboxylic acids is 4. The summed E-state index contributed by atoms with van der Waals surface area (Å²) < 4.78 is 149. The molecule has 0 saturated heterocycles. The van der Waals surface area contributed by atoms with Crippen LogP contribution in [0, 0.1) is 36.4 Å². The summed E-state index contributed by atoms with van der Waals surface area (Å²) >= 11 is 0. The molecule has 5 unspecified atom stereocenters. The lowest BCUT2D eigenvalue weighted by Crippen LogP contribution is -2.43. The Bertz CT molecular complexity index is 3200. The number of ether oxygens (including phenoxy) is 15. The third-order valence-electron chi connectivity index (χ3n) is 17.3. The van der Waals surface area contributed by atoms with E-state index in [9.17, 15) is 41.1 Å². The highest BCUT2D eigenvalue weighted by Crippen LogP contribution is 2.43. The molecule has 0 fully saturated rings. The standard InChI is InChI=1S/C24H39FO5.C23H38O5.C18H24F4O5.C17H26O4/c1-10-24(9,25)21(26)28-12-11-27-20-18(15-29-22(3,4)5)13-17(2)14-19(20)16-30-23(6,7)8;1-10-15(2)22(24)28-12-11-27-21-19(16(3)25-8)13-18(23(5,6)7)14-20(21)17(4)26-9;1-5-17(2,18(20,21)22)16(23)27-7-6-26-15-12(10-24-3)8-14(19)9-13(15)11-25-4;1-7-17(3,4)16(18)21-15-13(10-19-5)8-12(2)9-14(15)11-20-6/h13-14H,10-12,15-16H2,1-9H3;13-17H,10-12H2,1-9H3;8-9H,5-7,10-11H2,1-4H3;8-9H,7,10-11H2,1-6H3. The topological polar surface area (TPSA) is 207 Å². The second-order valence-electron chi connectivity index (χ2n) is 30.1.